The Kier molecular flexibility index (Phi) is 4.45. The van der Waals surface area contributed by atoms with Crippen LogP contribution in [0.15, 0.2) is 6.20 Å². The lowest BCUT2D eigenvalue weighted by atomic mass is 9.92. The van der Waals surface area contributed by atoms with Crippen molar-refractivity contribution in [3.05, 3.63) is 17.7 Å². The summed E-state index contributed by atoms with van der Waals surface area (Å²) in [6, 6.07) is -0.00414. The molecule has 4 heterocycles. The van der Waals surface area contributed by atoms with Crippen molar-refractivity contribution in [3.8, 4) is 0 Å². The number of fused-ring (bicyclic) bond motifs is 1. The van der Waals surface area contributed by atoms with Gasteiger partial charge in [0.25, 0.3) is 0 Å². The van der Waals surface area contributed by atoms with Gasteiger partial charge in [-0.2, -0.15) is 0 Å². The molecule has 3 aliphatic rings. The molecule has 2 fully saturated rings. The van der Waals surface area contributed by atoms with Gasteiger partial charge in [-0.05, 0) is 12.8 Å². The Hall–Kier alpha value is -1.60. The van der Waals surface area contributed by atoms with E-state index in [-0.39, 0.29) is 11.6 Å². The molecule has 0 aromatic carbocycles. The van der Waals surface area contributed by atoms with Gasteiger partial charge < -0.3 is 24.3 Å². The molecular weight excluding hydrogens is 308 g/mol. The summed E-state index contributed by atoms with van der Waals surface area (Å²) >= 11 is 0. The molecule has 2 saturated heterocycles. The summed E-state index contributed by atoms with van der Waals surface area (Å²) in [6.45, 7) is 4.91. The summed E-state index contributed by atoms with van der Waals surface area (Å²) in [5.41, 5.74) is 0.899. The average Bonchev–Trinajstić information content (AvgIpc) is 3.03. The van der Waals surface area contributed by atoms with Crippen LogP contribution in [0, 0.1) is 0 Å². The van der Waals surface area contributed by atoms with Crippen LogP contribution in [0.25, 0.3) is 0 Å². The van der Waals surface area contributed by atoms with Gasteiger partial charge in [-0.15, -0.1) is 0 Å². The first-order valence-electron chi connectivity index (χ1n) is 9.04. The normalized spacial score (nSPS) is 23.1. The third-order valence-corrected chi connectivity index (χ3v) is 5.41. The summed E-state index contributed by atoms with van der Waals surface area (Å²) < 4.78 is 13.7. The summed E-state index contributed by atoms with van der Waals surface area (Å²) in [6.07, 6.45) is 7.09. The SMILES string of the molecule is O=C(NCc1cnc2n1CCCC2)N1CCOC2(CCOCC2)C1. The highest BCUT2D eigenvalue weighted by Gasteiger charge is 2.39. The van der Waals surface area contributed by atoms with Gasteiger partial charge in [-0.25, -0.2) is 9.78 Å². The molecule has 24 heavy (non-hydrogen) atoms. The largest absolute Gasteiger partial charge is 0.381 e. The van der Waals surface area contributed by atoms with Crippen molar-refractivity contribution in [1.82, 2.24) is 19.8 Å². The number of carbonyl (C=O) groups excluding carboxylic acids is 1. The first kappa shape index (κ1) is 15.9. The molecule has 0 atom stereocenters. The number of rotatable bonds is 2. The summed E-state index contributed by atoms with van der Waals surface area (Å²) in [7, 11) is 0. The van der Waals surface area contributed by atoms with Crippen LogP contribution in [0.3, 0.4) is 0 Å². The minimum absolute atomic E-state index is 0.00414. The van der Waals surface area contributed by atoms with E-state index >= 15 is 0 Å². The van der Waals surface area contributed by atoms with E-state index in [1.165, 1.54) is 12.8 Å². The van der Waals surface area contributed by atoms with E-state index in [0.29, 0.717) is 26.2 Å². The molecule has 0 saturated carbocycles. The number of imidazole rings is 1. The average molecular weight is 334 g/mol. The number of nitrogens with one attached hydrogen (secondary N) is 1. The molecule has 3 aliphatic heterocycles. The maximum Gasteiger partial charge on any atom is 0.317 e. The predicted octanol–water partition coefficient (Wildman–Crippen LogP) is 1.31. The van der Waals surface area contributed by atoms with Gasteiger partial charge in [-0.3, -0.25) is 0 Å². The number of hydrogen-bond donors (Lipinski definition) is 1. The van der Waals surface area contributed by atoms with Gasteiger partial charge in [-0.1, -0.05) is 0 Å². The van der Waals surface area contributed by atoms with Crippen molar-refractivity contribution < 1.29 is 14.3 Å². The van der Waals surface area contributed by atoms with E-state index in [0.717, 1.165) is 50.5 Å². The van der Waals surface area contributed by atoms with Crippen LogP contribution in [0.5, 0.6) is 0 Å². The fourth-order valence-corrected chi connectivity index (χ4v) is 3.96. The maximum absolute atomic E-state index is 12.6. The molecule has 1 spiro atoms. The highest BCUT2D eigenvalue weighted by Crippen LogP contribution is 2.29. The molecule has 0 bridgehead atoms. The third kappa shape index (κ3) is 3.15. The molecule has 7 nitrogen and oxygen atoms in total. The van der Waals surface area contributed by atoms with Gasteiger partial charge in [0.05, 0.1) is 37.2 Å². The Morgan fingerprint density at radius 1 is 1.25 bits per heavy atom. The van der Waals surface area contributed by atoms with Gasteiger partial charge >= 0.3 is 6.03 Å². The lowest BCUT2D eigenvalue weighted by Crippen LogP contribution is -2.57. The van der Waals surface area contributed by atoms with Crippen LogP contribution < -0.4 is 5.32 Å². The van der Waals surface area contributed by atoms with Gasteiger partial charge in [0.2, 0.25) is 0 Å². The fourth-order valence-electron chi connectivity index (χ4n) is 3.96. The van der Waals surface area contributed by atoms with Crippen LogP contribution in [0.1, 0.15) is 37.2 Å². The van der Waals surface area contributed by atoms with Crippen molar-refractivity contribution in [1.29, 1.82) is 0 Å². The number of urea groups is 1. The van der Waals surface area contributed by atoms with Gasteiger partial charge in [0, 0.05) is 45.6 Å². The zero-order valence-corrected chi connectivity index (χ0v) is 14.1. The first-order valence-corrected chi connectivity index (χ1v) is 9.04. The molecule has 1 N–H and O–H groups in total. The molecule has 1 aromatic heterocycles. The molecule has 1 aromatic rings. The van der Waals surface area contributed by atoms with Gasteiger partial charge in [0.1, 0.15) is 5.82 Å². The van der Waals surface area contributed by atoms with E-state index in [1.54, 1.807) is 0 Å². The van der Waals surface area contributed by atoms with Crippen molar-refractivity contribution in [2.45, 2.75) is 50.8 Å². The lowest BCUT2D eigenvalue weighted by Gasteiger charge is -2.44. The van der Waals surface area contributed by atoms with Crippen LogP contribution in [0.4, 0.5) is 4.79 Å². The minimum Gasteiger partial charge on any atom is -0.381 e. The zero-order valence-electron chi connectivity index (χ0n) is 14.1. The Labute approximate surface area is 142 Å². The quantitative estimate of drug-likeness (QED) is 0.885. The number of nitrogens with zero attached hydrogens (tertiary/aromatic N) is 3. The van der Waals surface area contributed by atoms with E-state index in [4.69, 9.17) is 9.47 Å². The van der Waals surface area contributed by atoms with Gasteiger partial charge in [0.15, 0.2) is 0 Å². The molecule has 4 rings (SSSR count). The standard InChI is InChI=1S/C17H26N4O3/c22-16(19-12-14-11-18-15-3-1-2-6-21(14)15)20-7-10-24-17(13-20)4-8-23-9-5-17/h11H,1-10,12-13H2,(H,19,22). The number of hydrogen-bond acceptors (Lipinski definition) is 4. The smallest absolute Gasteiger partial charge is 0.317 e. The lowest BCUT2D eigenvalue weighted by molar-refractivity contribution is -0.145. The highest BCUT2D eigenvalue weighted by molar-refractivity contribution is 5.74. The number of ether oxygens (including phenoxy) is 2. The predicted molar refractivity (Wildman–Crippen MR) is 87.7 cm³/mol. The van der Waals surface area contributed by atoms with Crippen LogP contribution in [0.2, 0.25) is 0 Å². The Morgan fingerprint density at radius 2 is 2.12 bits per heavy atom. The van der Waals surface area contributed by atoms with E-state index < -0.39 is 0 Å². The summed E-state index contributed by atoms with van der Waals surface area (Å²) in [5.74, 6) is 1.15. The van der Waals surface area contributed by atoms with Crippen LogP contribution >= 0.6 is 0 Å². The number of aromatic nitrogens is 2. The second-order valence-corrected chi connectivity index (χ2v) is 7.00. The minimum atomic E-state index is -0.205. The van der Waals surface area contributed by atoms with Crippen molar-refractivity contribution in [3.63, 3.8) is 0 Å². The maximum atomic E-state index is 12.6. The second kappa shape index (κ2) is 6.72. The topological polar surface area (TPSA) is 68.6 Å². The highest BCUT2D eigenvalue weighted by atomic mass is 16.5. The number of amides is 2. The van der Waals surface area contributed by atoms with E-state index in [2.05, 4.69) is 14.9 Å². The Morgan fingerprint density at radius 3 is 3.00 bits per heavy atom. The van der Waals surface area contributed by atoms with Crippen molar-refractivity contribution in [2.24, 2.45) is 0 Å². The fraction of sp³-hybridized carbons (Fsp3) is 0.765. The molecule has 132 valence electrons. The van der Waals surface area contributed by atoms with Crippen molar-refractivity contribution >= 4 is 6.03 Å². The summed E-state index contributed by atoms with van der Waals surface area (Å²) in [4.78, 5) is 19.0. The van der Waals surface area contributed by atoms with Crippen LogP contribution in [-0.4, -0.2) is 59.0 Å². The monoisotopic (exact) mass is 334 g/mol. The molecule has 0 aliphatic carbocycles. The Balaban J connectivity index is 1.35. The summed E-state index contributed by atoms with van der Waals surface area (Å²) in [5, 5.41) is 3.07. The molecule has 7 heteroatoms. The molecule has 2 amide bonds. The van der Waals surface area contributed by atoms with E-state index in [1.807, 2.05) is 11.1 Å². The number of carbonyl (C=O) groups is 1. The number of morpholine rings is 1. The third-order valence-electron chi connectivity index (χ3n) is 5.41. The first-order chi connectivity index (χ1) is 11.8. The molecular formula is C17H26N4O3. The zero-order chi connectivity index (χ0) is 16.4. The van der Waals surface area contributed by atoms with Crippen LogP contribution in [-0.2, 0) is 29.0 Å². The number of aryl methyl sites for hydroxylation is 1. The molecule has 0 radical (unpaired) electrons. The Bertz CT molecular complexity index is 589. The second-order valence-electron chi connectivity index (χ2n) is 7.00. The molecule has 0 unspecified atom stereocenters. The van der Waals surface area contributed by atoms with E-state index in [9.17, 15) is 4.79 Å². The van der Waals surface area contributed by atoms with Crippen molar-refractivity contribution in [2.75, 3.05) is 32.9 Å².